The van der Waals surface area contributed by atoms with E-state index in [1.807, 2.05) is 5.38 Å². The van der Waals surface area contributed by atoms with Gasteiger partial charge in [-0.1, -0.05) is 6.92 Å². The summed E-state index contributed by atoms with van der Waals surface area (Å²) in [4.78, 5) is 12.4. The van der Waals surface area contributed by atoms with E-state index in [4.69, 9.17) is 5.26 Å². The van der Waals surface area contributed by atoms with E-state index in [2.05, 4.69) is 23.6 Å². The smallest absolute Gasteiger partial charge is 0.231 e. The molecule has 18 heavy (non-hydrogen) atoms. The standard InChI is InChI=1S/C13H17N3OS/c1-2-13(4-6-15-7-5-13)12(17)16-11-10(9-14)3-8-18-11/h3,8,15H,2,4-7H2,1H3,(H,16,17). The quantitative estimate of drug-likeness (QED) is 0.879. The van der Waals surface area contributed by atoms with E-state index in [1.54, 1.807) is 6.07 Å². The Morgan fingerprint density at radius 1 is 1.61 bits per heavy atom. The molecule has 0 aromatic carbocycles. The number of hydrogen-bond acceptors (Lipinski definition) is 4. The van der Waals surface area contributed by atoms with Gasteiger partial charge in [0, 0.05) is 0 Å². The minimum Gasteiger partial charge on any atom is -0.317 e. The Labute approximate surface area is 111 Å². The molecular weight excluding hydrogens is 246 g/mol. The molecule has 2 heterocycles. The Bertz CT molecular complexity index is 469. The maximum atomic E-state index is 12.4. The second-order valence-corrected chi connectivity index (χ2v) is 5.53. The third-order valence-electron chi connectivity index (χ3n) is 3.73. The molecular formula is C13H17N3OS. The van der Waals surface area contributed by atoms with Crippen molar-refractivity contribution in [3.05, 3.63) is 17.0 Å². The van der Waals surface area contributed by atoms with Gasteiger partial charge in [0.1, 0.15) is 11.1 Å². The lowest BCUT2D eigenvalue weighted by Gasteiger charge is -2.35. The maximum Gasteiger partial charge on any atom is 0.231 e. The van der Waals surface area contributed by atoms with Crippen LogP contribution in [0.4, 0.5) is 5.00 Å². The van der Waals surface area contributed by atoms with Gasteiger partial charge in [-0.05, 0) is 43.8 Å². The molecule has 1 saturated heterocycles. The fraction of sp³-hybridized carbons (Fsp3) is 0.538. The molecule has 0 bridgehead atoms. The maximum absolute atomic E-state index is 12.4. The van der Waals surface area contributed by atoms with E-state index < -0.39 is 0 Å². The Morgan fingerprint density at radius 2 is 2.33 bits per heavy atom. The number of amides is 1. The largest absolute Gasteiger partial charge is 0.317 e. The molecule has 0 spiro atoms. The monoisotopic (exact) mass is 263 g/mol. The summed E-state index contributed by atoms with van der Waals surface area (Å²) < 4.78 is 0. The molecule has 0 aliphatic carbocycles. The van der Waals surface area contributed by atoms with E-state index >= 15 is 0 Å². The second kappa shape index (κ2) is 5.51. The predicted octanol–water partition coefficient (Wildman–Crippen LogP) is 2.34. The summed E-state index contributed by atoms with van der Waals surface area (Å²) in [5, 5.41) is 17.7. The van der Waals surface area contributed by atoms with Crippen molar-refractivity contribution in [3.63, 3.8) is 0 Å². The summed E-state index contributed by atoms with van der Waals surface area (Å²) in [6, 6.07) is 3.84. The van der Waals surface area contributed by atoms with Crippen molar-refractivity contribution in [3.8, 4) is 6.07 Å². The number of carbonyl (C=O) groups excluding carboxylic acids is 1. The van der Waals surface area contributed by atoms with Crippen molar-refractivity contribution >= 4 is 22.2 Å². The number of nitriles is 1. The zero-order valence-corrected chi connectivity index (χ0v) is 11.3. The van der Waals surface area contributed by atoms with Crippen LogP contribution in [-0.4, -0.2) is 19.0 Å². The molecule has 0 radical (unpaired) electrons. The van der Waals surface area contributed by atoms with Crippen LogP contribution in [-0.2, 0) is 4.79 Å². The normalized spacial score (nSPS) is 18.0. The predicted molar refractivity (Wildman–Crippen MR) is 72.5 cm³/mol. The van der Waals surface area contributed by atoms with Gasteiger partial charge >= 0.3 is 0 Å². The average molecular weight is 263 g/mol. The van der Waals surface area contributed by atoms with Gasteiger partial charge in [-0.3, -0.25) is 4.79 Å². The number of nitrogens with one attached hydrogen (secondary N) is 2. The SMILES string of the molecule is CCC1(C(=O)Nc2sccc2C#N)CCNCC1. The first-order chi connectivity index (χ1) is 8.72. The average Bonchev–Trinajstić information content (AvgIpc) is 2.86. The fourth-order valence-electron chi connectivity index (χ4n) is 2.38. The Kier molecular flexibility index (Phi) is 4.00. The zero-order chi connectivity index (χ0) is 13.0. The summed E-state index contributed by atoms with van der Waals surface area (Å²) in [6.45, 7) is 3.83. The molecule has 1 aliphatic heterocycles. The van der Waals surface area contributed by atoms with Crippen molar-refractivity contribution in [1.29, 1.82) is 5.26 Å². The van der Waals surface area contributed by atoms with Gasteiger partial charge in [0.25, 0.3) is 0 Å². The Balaban J connectivity index is 2.13. The van der Waals surface area contributed by atoms with Gasteiger partial charge in [0.05, 0.1) is 11.0 Å². The highest BCUT2D eigenvalue weighted by atomic mass is 32.1. The number of carbonyl (C=O) groups is 1. The van der Waals surface area contributed by atoms with Crippen LogP contribution in [0.1, 0.15) is 31.7 Å². The third kappa shape index (κ3) is 2.40. The van der Waals surface area contributed by atoms with E-state index in [-0.39, 0.29) is 11.3 Å². The molecule has 1 amide bonds. The summed E-state index contributed by atoms with van der Waals surface area (Å²) in [5.41, 5.74) is 0.274. The first-order valence-corrected chi connectivity index (χ1v) is 7.09. The summed E-state index contributed by atoms with van der Waals surface area (Å²) in [7, 11) is 0. The van der Waals surface area contributed by atoms with E-state index in [0.29, 0.717) is 10.6 Å². The molecule has 5 heteroatoms. The fourth-order valence-corrected chi connectivity index (χ4v) is 3.11. The van der Waals surface area contributed by atoms with Gasteiger partial charge in [0.2, 0.25) is 5.91 Å². The molecule has 1 aliphatic rings. The van der Waals surface area contributed by atoms with Crippen LogP contribution in [0.2, 0.25) is 0 Å². The molecule has 96 valence electrons. The molecule has 2 rings (SSSR count). The van der Waals surface area contributed by atoms with Crippen molar-refractivity contribution < 1.29 is 4.79 Å². The molecule has 1 aromatic heterocycles. The second-order valence-electron chi connectivity index (χ2n) is 4.61. The third-order valence-corrected chi connectivity index (χ3v) is 4.56. The molecule has 4 nitrogen and oxygen atoms in total. The molecule has 1 aromatic rings. The first-order valence-electron chi connectivity index (χ1n) is 6.21. The summed E-state index contributed by atoms with van der Waals surface area (Å²) in [5.74, 6) is 0.0606. The number of thiophene rings is 1. The summed E-state index contributed by atoms with van der Waals surface area (Å²) in [6.07, 6.45) is 2.57. The van der Waals surface area contributed by atoms with Gasteiger partial charge in [-0.2, -0.15) is 5.26 Å². The zero-order valence-electron chi connectivity index (χ0n) is 10.5. The summed E-state index contributed by atoms with van der Waals surface area (Å²) >= 11 is 1.41. The molecule has 0 atom stereocenters. The number of anilines is 1. The number of rotatable bonds is 3. The minimum absolute atomic E-state index is 0.0606. The van der Waals surface area contributed by atoms with Crippen LogP contribution >= 0.6 is 11.3 Å². The van der Waals surface area contributed by atoms with E-state index in [1.165, 1.54) is 11.3 Å². The highest BCUT2D eigenvalue weighted by Gasteiger charge is 2.38. The van der Waals surface area contributed by atoms with Gasteiger partial charge in [-0.25, -0.2) is 0 Å². The van der Waals surface area contributed by atoms with E-state index in [9.17, 15) is 4.79 Å². The molecule has 2 N–H and O–H groups in total. The highest BCUT2D eigenvalue weighted by Crippen LogP contribution is 2.35. The number of hydrogen-bond donors (Lipinski definition) is 2. The van der Waals surface area contributed by atoms with Crippen molar-refractivity contribution in [2.75, 3.05) is 18.4 Å². The molecule has 0 unspecified atom stereocenters. The van der Waals surface area contributed by atoms with Crippen LogP contribution in [0.5, 0.6) is 0 Å². The van der Waals surface area contributed by atoms with Crippen LogP contribution in [0, 0.1) is 16.7 Å². The Hall–Kier alpha value is -1.38. The van der Waals surface area contributed by atoms with Crippen LogP contribution in [0.25, 0.3) is 0 Å². The molecule has 0 saturated carbocycles. The van der Waals surface area contributed by atoms with Crippen LogP contribution in [0.3, 0.4) is 0 Å². The minimum atomic E-state index is -0.276. The van der Waals surface area contributed by atoms with Crippen molar-refractivity contribution in [2.45, 2.75) is 26.2 Å². The topological polar surface area (TPSA) is 64.9 Å². The van der Waals surface area contributed by atoms with Crippen LogP contribution < -0.4 is 10.6 Å². The lowest BCUT2D eigenvalue weighted by molar-refractivity contribution is -0.127. The highest BCUT2D eigenvalue weighted by molar-refractivity contribution is 7.14. The van der Waals surface area contributed by atoms with Crippen molar-refractivity contribution in [1.82, 2.24) is 5.32 Å². The molecule has 1 fully saturated rings. The van der Waals surface area contributed by atoms with Gasteiger partial charge in [0.15, 0.2) is 0 Å². The first kappa shape index (κ1) is 13.1. The van der Waals surface area contributed by atoms with Crippen molar-refractivity contribution in [2.24, 2.45) is 5.41 Å². The Morgan fingerprint density at radius 3 is 2.94 bits per heavy atom. The number of nitrogens with zero attached hydrogens (tertiary/aromatic N) is 1. The lowest BCUT2D eigenvalue weighted by Crippen LogP contribution is -2.44. The van der Waals surface area contributed by atoms with E-state index in [0.717, 1.165) is 32.4 Å². The van der Waals surface area contributed by atoms with Crippen LogP contribution in [0.15, 0.2) is 11.4 Å². The lowest BCUT2D eigenvalue weighted by atomic mass is 9.76. The van der Waals surface area contributed by atoms with Gasteiger partial charge < -0.3 is 10.6 Å². The van der Waals surface area contributed by atoms with Gasteiger partial charge in [-0.15, -0.1) is 11.3 Å². The number of piperidine rings is 1.